The third-order valence-corrected chi connectivity index (χ3v) is 2.83. The lowest BCUT2D eigenvalue weighted by Crippen LogP contribution is -2.07. The van der Waals surface area contributed by atoms with Gasteiger partial charge in [-0.3, -0.25) is 0 Å². The van der Waals surface area contributed by atoms with Gasteiger partial charge in [0.1, 0.15) is 0 Å². The molecule has 0 bridgehead atoms. The predicted molar refractivity (Wildman–Crippen MR) is 53.5 cm³/mol. The molecular weight excluding hydrogens is 178 g/mol. The number of thiophene rings is 1. The third-order valence-electron chi connectivity index (χ3n) is 1.68. The van der Waals surface area contributed by atoms with E-state index in [1.807, 2.05) is 0 Å². The van der Waals surface area contributed by atoms with E-state index in [9.17, 15) is 0 Å². The highest BCUT2D eigenvalue weighted by Crippen LogP contribution is 2.23. The monoisotopic (exact) mass is 191 g/mol. The maximum Gasteiger partial charge on any atom is 0.0389 e. The van der Waals surface area contributed by atoms with Crippen molar-refractivity contribution >= 4 is 23.7 Å². The zero-order chi connectivity index (χ0) is 7.56. The fraction of sp³-hybridized carbons (Fsp3) is 0.500. The molecule has 2 N–H and O–H groups in total. The minimum absolute atomic E-state index is 0. The molecule has 1 aromatic rings. The Morgan fingerprint density at radius 2 is 2.27 bits per heavy atom. The quantitative estimate of drug-likeness (QED) is 0.765. The van der Waals surface area contributed by atoms with Crippen molar-refractivity contribution in [3.63, 3.8) is 0 Å². The van der Waals surface area contributed by atoms with Crippen molar-refractivity contribution in [1.29, 1.82) is 0 Å². The first-order chi connectivity index (χ1) is 4.75. The van der Waals surface area contributed by atoms with Gasteiger partial charge >= 0.3 is 0 Å². The van der Waals surface area contributed by atoms with Crippen LogP contribution in [0.2, 0.25) is 0 Å². The van der Waals surface area contributed by atoms with Gasteiger partial charge in [0.2, 0.25) is 0 Å². The number of hydrogen-bond acceptors (Lipinski definition) is 2. The minimum Gasteiger partial charge on any atom is -0.323 e. The van der Waals surface area contributed by atoms with E-state index < -0.39 is 0 Å². The number of hydrogen-bond donors (Lipinski definition) is 1. The average molecular weight is 192 g/mol. The lowest BCUT2D eigenvalue weighted by atomic mass is 10.1. The Bertz CT molecular complexity index is 210. The highest BCUT2D eigenvalue weighted by molar-refractivity contribution is 7.10. The summed E-state index contributed by atoms with van der Waals surface area (Å²) in [5, 5.41) is 2.10. The zero-order valence-corrected chi connectivity index (χ0v) is 8.47. The Kier molecular flexibility index (Phi) is 4.73. The summed E-state index contributed by atoms with van der Waals surface area (Å²) in [4.78, 5) is 1.34. The summed E-state index contributed by atoms with van der Waals surface area (Å²) in [5.74, 6) is 0. The normalized spacial score (nSPS) is 12.3. The largest absolute Gasteiger partial charge is 0.323 e. The molecule has 1 heterocycles. The van der Waals surface area contributed by atoms with Gasteiger partial charge in [-0.25, -0.2) is 0 Å². The van der Waals surface area contributed by atoms with E-state index in [0.29, 0.717) is 0 Å². The van der Waals surface area contributed by atoms with Crippen LogP contribution in [0.3, 0.4) is 0 Å². The molecule has 0 saturated carbocycles. The molecule has 0 unspecified atom stereocenters. The standard InChI is InChI=1S/C8H13NS.ClH/c1-3-7(9)8-6(2)4-5-10-8;/h4-5,7H,3,9H2,1-2H3;1H/t7-;/m1./s1. The van der Waals surface area contributed by atoms with Crippen molar-refractivity contribution in [1.82, 2.24) is 0 Å². The first kappa shape index (κ1) is 11.0. The molecule has 0 aliphatic heterocycles. The first-order valence-corrected chi connectivity index (χ1v) is 4.43. The van der Waals surface area contributed by atoms with Gasteiger partial charge in [-0.2, -0.15) is 0 Å². The van der Waals surface area contributed by atoms with Crippen molar-refractivity contribution in [2.24, 2.45) is 5.73 Å². The number of rotatable bonds is 2. The lowest BCUT2D eigenvalue weighted by molar-refractivity contribution is 0.708. The van der Waals surface area contributed by atoms with Crippen LogP contribution in [0.15, 0.2) is 11.4 Å². The SMILES string of the molecule is CC[C@@H](N)c1sccc1C.Cl. The average Bonchev–Trinajstić information content (AvgIpc) is 2.34. The molecule has 0 aromatic carbocycles. The Labute approximate surface area is 78.0 Å². The van der Waals surface area contributed by atoms with E-state index in [0.717, 1.165) is 6.42 Å². The number of halogens is 1. The molecule has 1 rings (SSSR count). The second kappa shape index (κ2) is 4.75. The number of nitrogens with two attached hydrogens (primary N) is 1. The van der Waals surface area contributed by atoms with Crippen LogP contribution in [0.5, 0.6) is 0 Å². The Morgan fingerprint density at radius 1 is 1.64 bits per heavy atom. The maximum absolute atomic E-state index is 5.85. The maximum atomic E-state index is 5.85. The van der Waals surface area contributed by atoms with E-state index in [1.165, 1.54) is 10.4 Å². The topological polar surface area (TPSA) is 26.0 Å². The molecule has 1 nitrogen and oxygen atoms in total. The Balaban J connectivity index is 0.000001000. The van der Waals surface area contributed by atoms with Crippen molar-refractivity contribution in [2.75, 3.05) is 0 Å². The van der Waals surface area contributed by atoms with Gasteiger partial charge < -0.3 is 5.73 Å². The summed E-state index contributed by atoms with van der Waals surface area (Å²) in [5.41, 5.74) is 7.18. The molecule has 1 atom stereocenters. The highest BCUT2D eigenvalue weighted by atomic mass is 35.5. The van der Waals surface area contributed by atoms with Gasteiger partial charge in [-0.15, -0.1) is 23.7 Å². The summed E-state index contributed by atoms with van der Waals surface area (Å²) in [6, 6.07) is 2.37. The van der Waals surface area contributed by atoms with Crippen LogP contribution in [-0.4, -0.2) is 0 Å². The minimum atomic E-state index is 0. The fourth-order valence-corrected chi connectivity index (χ4v) is 1.96. The molecule has 0 radical (unpaired) electrons. The van der Waals surface area contributed by atoms with E-state index in [4.69, 9.17) is 5.73 Å². The molecule has 11 heavy (non-hydrogen) atoms. The summed E-state index contributed by atoms with van der Waals surface area (Å²) in [6.07, 6.45) is 1.03. The summed E-state index contributed by atoms with van der Waals surface area (Å²) in [7, 11) is 0. The summed E-state index contributed by atoms with van der Waals surface area (Å²) < 4.78 is 0. The molecular formula is C8H14ClNS. The van der Waals surface area contributed by atoms with Crippen molar-refractivity contribution in [3.05, 3.63) is 21.9 Å². The van der Waals surface area contributed by atoms with Gasteiger partial charge in [-0.1, -0.05) is 6.92 Å². The lowest BCUT2D eigenvalue weighted by Gasteiger charge is -2.06. The van der Waals surface area contributed by atoms with E-state index >= 15 is 0 Å². The molecule has 0 aliphatic rings. The van der Waals surface area contributed by atoms with Crippen LogP contribution in [0.4, 0.5) is 0 Å². The van der Waals surface area contributed by atoms with Gasteiger partial charge in [0.05, 0.1) is 0 Å². The van der Waals surface area contributed by atoms with Crippen molar-refractivity contribution in [2.45, 2.75) is 26.3 Å². The van der Waals surface area contributed by atoms with E-state index in [2.05, 4.69) is 25.3 Å². The molecule has 0 saturated heterocycles. The van der Waals surface area contributed by atoms with Crippen molar-refractivity contribution < 1.29 is 0 Å². The molecule has 0 fully saturated rings. The van der Waals surface area contributed by atoms with Crippen LogP contribution < -0.4 is 5.73 Å². The zero-order valence-electron chi connectivity index (χ0n) is 6.83. The van der Waals surface area contributed by atoms with E-state index in [1.54, 1.807) is 11.3 Å². The molecule has 0 amide bonds. The summed E-state index contributed by atoms with van der Waals surface area (Å²) in [6.45, 7) is 4.23. The van der Waals surface area contributed by atoms with Crippen LogP contribution in [0.25, 0.3) is 0 Å². The number of aryl methyl sites for hydroxylation is 1. The van der Waals surface area contributed by atoms with Crippen LogP contribution in [-0.2, 0) is 0 Å². The second-order valence-electron chi connectivity index (χ2n) is 2.48. The van der Waals surface area contributed by atoms with Gasteiger partial charge in [-0.05, 0) is 30.4 Å². The molecule has 0 aliphatic carbocycles. The van der Waals surface area contributed by atoms with Crippen LogP contribution >= 0.6 is 23.7 Å². The van der Waals surface area contributed by atoms with Gasteiger partial charge in [0, 0.05) is 10.9 Å². The third kappa shape index (κ3) is 2.47. The van der Waals surface area contributed by atoms with E-state index in [-0.39, 0.29) is 18.4 Å². The summed E-state index contributed by atoms with van der Waals surface area (Å²) >= 11 is 1.76. The fourth-order valence-electron chi connectivity index (χ4n) is 0.950. The molecule has 0 spiro atoms. The van der Waals surface area contributed by atoms with Gasteiger partial charge in [0.25, 0.3) is 0 Å². The highest BCUT2D eigenvalue weighted by Gasteiger charge is 2.06. The smallest absolute Gasteiger partial charge is 0.0389 e. The molecule has 64 valence electrons. The molecule has 1 aromatic heterocycles. The Hall–Kier alpha value is -0.0500. The second-order valence-corrected chi connectivity index (χ2v) is 3.43. The van der Waals surface area contributed by atoms with Crippen molar-refractivity contribution in [3.8, 4) is 0 Å². The molecule has 3 heteroatoms. The van der Waals surface area contributed by atoms with Crippen LogP contribution in [0.1, 0.15) is 29.8 Å². The predicted octanol–water partition coefficient (Wildman–Crippen LogP) is 2.89. The van der Waals surface area contributed by atoms with Gasteiger partial charge in [0.15, 0.2) is 0 Å². The first-order valence-electron chi connectivity index (χ1n) is 3.55. The van der Waals surface area contributed by atoms with Crippen LogP contribution in [0, 0.1) is 6.92 Å². The Morgan fingerprint density at radius 3 is 2.64 bits per heavy atom.